The summed E-state index contributed by atoms with van der Waals surface area (Å²) in [4.78, 5) is 11.1. The maximum Gasteiger partial charge on any atom is 0.224 e. The lowest BCUT2D eigenvalue weighted by atomic mass is 9.99. The number of phenolic OH excluding ortho intramolecular Hbond substituents is 1. The van der Waals surface area contributed by atoms with E-state index in [9.17, 15) is 9.90 Å². The van der Waals surface area contributed by atoms with E-state index in [2.05, 4.69) is 5.32 Å². The maximum absolute atomic E-state index is 11.1. The summed E-state index contributed by atoms with van der Waals surface area (Å²) in [6.07, 6.45) is 1.23. The molecule has 1 aliphatic rings. The van der Waals surface area contributed by atoms with Crippen molar-refractivity contribution >= 4 is 11.6 Å². The van der Waals surface area contributed by atoms with E-state index in [4.69, 9.17) is 0 Å². The molecule has 2 rings (SSSR count). The van der Waals surface area contributed by atoms with Gasteiger partial charge in [0.1, 0.15) is 5.75 Å². The van der Waals surface area contributed by atoms with Crippen LogP contribution in [-0.4, -0.2) is 11.0 Å². The number of carbonyl (C=O) groups excluding carboxylic acids is 1. The molecule has 1 aromatic carbocycles. The van der Waals surface area contributed by atoms with Gasteiger partial charge in [-0.05, 0) is 36.6 Å². The Hall–Kier alpha value is -1.51. The molecule has 0 aliphatic carbocycles. The molecule has 0 saturated carbocycles. The Kier molecular flexibility index (Phi) is 1.72. The first-order chi connectivity index (χ1) is 6.16. The number of carbonyl (C=O) groups is 1. The van der Waals surface area contributed by atoms with E-state index in [1.54, 1.807) is 12.1 Å². The van der Waals surface area contributed by atoms with Gasteiger partial charge in [-0.1, -0.05) is 0 Å². The van der Waals surface area contributed by atoms with Crippen LogP contribution in [0.25, 0.3) is 0 Å². The molecule has 0 bridgehead atoms. The molecular weight excluding hydrogens is 166 g/mol. The number of benzene rings is 1. The van der Waals surface area contributed by atoms with Crippen molar-refractivity contribution in [3.63, 3.8) is 0 Å². The Balaban J connectivity index is 2.53. The number of nitrogens with one attached hydrogen (secondary N) is 1. The summed E-state index contributed by atoms with van der Waals surface area (Å²) in [6, 6.07) is 3.37. The van der Waals surface area contributed by atoms with Gasteiger partial charge >= 0.3 is 0 Å². The van der Waals surface area contributed by atoms with E-state index in [0.717, 1.165) is 23.2 Å². The number of fused-ring (bicyclic) bond motifs is 1. The van der Waals surface area contributed by atoms with E-state index in [-0.39, 0.29) is 11.7 Å². The number of rotatable bonds is 0. The molecule has 13 heavy (non-hydrogen) atoms. The van der Waals surface area contributed by atoms with Crippen LogP contribution >= 0.6 is 0 Å². The maximum atomic E-state index is 11.1. The normalized spacial score (nSPS) is 15.0. The smallest absolute Gasteiger partial charge is 0.224 e. The molecule has 3 nitrogen and oxygen atoms in total. The number of aryl methyl sites for hydroxylation is 2. The molecule has 1 aromatic rings. The van der Waals surface area contributed by atoms with Crippen LogP contribution in [0.15, 0.2) is 12.1 Å². The number of hydrogen-bond acceptors (Lipinski definition) is 2. The van der Waals surface area contributed by atoms with Crippen molar-refractivity contribution < 1.29 is 9.90 Å². The monoisotopic (exact) mass is 177 g/mol. The van der Waals surface area contributed by atoms with Crippen LogP contribution in [0.3, 0.4) is 0 Å². The van der Waals surface area contributed by atoms with Crippen LogP contribution in [0.2, 0.25) is 0 Å². The fourth-order valence-electron chi connectivity index (χ4n) is 1.67. The second-order valence-corrected chi connectivity index (χ2v) is 3.34. The average Bonchev–Trinajstić information content (AvgIpc) is 2.06. The molecule has 1 amide bonds. The Bertz CT molecular complexity index is 371. The zero-order valence-corrected chi connectivity index (χ0v) is 7.42. The highest BCUT2D eigenvalue weighted by atomic mass is 16.3. The molecule has 1 aliphatic heterocycles. The van der Waals surface area contributed by atoms with Gasteiger partial charge in [-0.15, -0.1) is 0 Å². The second kappa shape index (κ2) is 2.76. The van der Waals surface area contributed by atoms with Crippen molar-refractivity contribution in [2.24, 2.45) is 0 Å². The summed E-state index contributed by atoms with van der Waals surface area (Å²) in [7, 11) is 0. The van der Waals surface area contributed by atoms with Crippen LogP contribution in [0.4, 0.5) is 5.69 Å². The van der Waals surface area contributed by atoms with Crippen molar-refractivity contribution in [3.8, 4) is 5.75 Å². The van der Waals surface area contributed by atoms with Crippen molar-refractivity contribution in [2.75, 3.05) is 5.32 Å². The van der Waals surface area contributed by atoms with Gasteiger partial charge in [-0.25, -0.2) is 0 Å². The molecule has 1 heterocycles. The molecular formula is C10H11NO2. The fraction of sp³-hybridized carbons (Fsp3) is 0.300. The highest BCUT2D eigenvalue weighted by molar-refractivity contribution is 5.94. The van der Waals surface area contributed by atoms with Crippen molar-refractivity contribution in [2.45, 2.75) is 19.8 Å². The third kappa shape index (κ3) is 1.37. The zero-order chi connectivity index (χ0) is 9.42. The lowest BCUT2D eigenvalue weighted by Crippen LogP contribution is -2.19. The topological polar surface area (TPSA) is 49.3 Å². The molecule has 68 valence electrons. The minimum absolute atomic E-state index is 0.0567. The first-order valence-electron chi connectivity index (χ1n) is 4.29. The van der Waals surface area contributed by atoms with Gasteiger partial charge in [-0.3, -0.25) is 4.79 Å². The van der Waals surface area contributed by atoms with Crippen LogP contribution in [0.1, 0.15) is 17.5 Å². The van der Waals surface area contributed by atoms with Gasteiger partial charge in [-0.2, -0.15) is 0 Å². The highest BCUT2D eigenvalue weighted by Gasteiger charge is 2.16. The first kappa shape index (κ1) is 8.10. The van der Waals surface area contributed by atoms with Crippen LogP contribution in [0.5, 0.6) is 5.75 Å². The summed E-state index contributed by atoms with van der Waals surface area (Å²) in [5.41, 5.74) is 2.81. The Morgan fingerprint density at radius 3 is 2.92 bits per heavy atom. The Morgan fingerprint density at radius 2 is 2.15 bits per heavy atom. The van der Waals surface area contributed by atoms with Crippen molar-refractivity contribution in [3.05, 3.63) is 23.3 Å². The second-order valence-electron chi connectivity index (χ2n) is 3.34. The van der Waals surface area contributed by atoms with E-state index >= 15 is 0 Å². The van der Waals surface area contributed by atoms with Crippen LogP contribution in [-0.2, 0) is 11.2 Å². The summed E-state index contributed by atoms with van der Waals surface area (Å²) in [5, 5.41) is 12.1. The lowest BCUT2D eigenvalue weighted by Gasteiger charge is -2.18. The number of amides is 1. The quantitative estimate of drug-likeness (QED) is 0.591. The summed E-state index contributed by atoms with van der Waals surface area (Å²) in [5.74, 6) is 0.327. The highest BCUT2D eigenvalue weighted by Crippen LogP contribution is 2.29. The van der Waals surface area contributed by atoms with Gasteiger partial charge in [0, 0.05) is 12.1 Å². The third-order valence-electron chi connectivity index (χ3n) is 2.29. The minimum atomic E-state index is 0.0567. The standard InChI is InChI=1S/C10H11NO2/c1-6-4-8(12)5-7-2-3-9(13)11-10(6)7/h4-5,12H,2-3H2,1H3,(H,11,13). The molecule has 0 aromatic heterocycles. The number of phenols is 1. The SMILES string of the molecule is Cc1cc(O)cc2c1NC(=O)CC2. The molecule has 2 N–H and O–H groups in total. The van der Waals surface area contributed by atoms with Crippen LogP contribution in [0, 0.1) is 6.92 Å². The van der Waals surface area contributed by atoms with Gasteiger partial charge in [0.25, 0.3) is 0 Å². The Labute approximate surface area is 76.4 Å². The molecule has 0 unspecified atom stereocenters. The zero-order valence-electron chi connectivity index (χ0n) is 7.42. The minimum Gasteiger partial charge on any atom is -0.508 e. The summed E-state index contributed by atoms with van der Waals surface area (Å²) in [6.45, 7) is 1.88. The molecule has 3 heteroatoms. The lowest BCUT2D eigenvalue weighted by molar-refractivity contribution is -0.116. The number of anilines is 1. The molecule has 0 saturated heterocycles. The number of hydrogen-bond donors (Lipinski definition) is 2. The molecule has 0 spiro atoms. The Morgan fingerprint density at radius 1 is 1.38 bits per heavy atom. The van der Waals surface area contributed by atoms with Crippen LogP contribution < -0.4 is 5.32 Å². The summed E-state index contributed by atoms with van der Waals surface area (Å²) < 4.78 is 0. The molecule has 0 fully saturated rings. The van der Waals surface area contributed by atoms with E-state index in [0.29, 0.717) is 6.42 Å². The van der Waals surface area contributed by atoms with Gasteiger partial charge in [0.2, 0.25) is 5.91 Å². The van der Waals surface area contributed by atoms with E-state index in [1.165, 1.54) is 0 Å². The summed E-state index contributed by atoms with van der Waals surface area (Å²) >= 11 is 0. The number of aromatic hydroxyl groups is 1. The molecule has 0 radical (unpaired) electrons. The van der Waals surface area contributed by atoms with Crippen molar-refractivity contribution in [1.29, 1.82) is 0 Å². The first-order valence-corrected chi connectivity index (χ1v) is 4.29. The molecule has 0 atom stereocenters. The van der Waals surface area contributed by atoms with E-state index < -0.39 is 0 Å². The van der Waals surface area contributed by atoms with Gasteiger partial charge in [0.05, 0.1) is 0 Å². The fourth-order valence-corrected chi connectivity index (χ4v) is 1.67. The third-order valence-corrected chi connectivity index (χ3v) is 2.29. The average molecular weight is 177 g/mol. The predicted octanol–water partition coefficient (Wildman–Crippen LogP) is 1.59. The van der Waals surface area contributed by atoms with Gasteiger partial charge < -0.3 is 10.4 Å². The largest absolute Gasteiger partial charge is 0.508 e. The van der Waals surface area contributed by atoms with E-state index in [1.807, 2.05) is 6.92 Å². The van der Waals surface area contributed by atoms with Crippen molar-refractivity contribution in [1.82, 2.24) is 0 Å². The predicted molar refractivity (Wildman–Crippen MR) is 49.8 cm³/mol. The van der Waals surface area contributed by atoms with Gasteiger partial charge in [0.15, 0.2) is 0 Å².